The molecule has 2 N–H and O–H groups in total. The Bertz CT molecular complexity index is 1030. The fourth-order valence-corrected chi connectivity index (χ4v) is 2.70. The lowest BCUT2D eigenvalue weighted by molar-refractivity contribution is 0.101. The van der Waals surface area contributed by atoms with E-state index in [1.165, 1.54) is 25.4 Å². The summed E-state index contributed by atoms with van der Waals surface area (Å²) in [5.41, 5.74) is 0.991. The highest BCUT2D eigenvalue weighted by Gasteiger charge is 2.16. The Morgan fingerprint density at radius 3 is 2.77 bits per heavy atom. The molecule has 2 heterocycles. The van der Waals surface area contributed by atoms with E-state index in [4.69, 9.17) is 4.74 Å². The monoisotopic (exact) mass is 354 g/mol. The number of ether oxygens (including phenoxy) is 1. The highest BCUT2D eigenvalue weighted by atomic mass is 16.5. The van der Waals surface area contributed by atoms with Crippen LogP contribution >= 0.6 is 0 Å². The lowest BCUT2D eigenvalue weighted by Gasteiger charge is -2.13. The molecule has 26 heavy (non-hydrogen) atoms. The molecule has 0 fully saturated rings. The predicted octanol–water partition coefficient (Wildman–Crippen LogP) is 2.15. The van der Waals surface area contributed by atoms with Crippen molar-refractivity contribution in [2.24, 2.45) is 0 Å². The fourth-order valence-electron chi connectivity index (χ4n) is 2.70. The van der Waals surface area contributed by atoms with E-state index < -0.39 is 5.56 Å². The van der Waals surface area contributed by atoms with E-state index in [9.17, 15) is 14.7 Å². The lowest BCUT2D eigenvalue weighted by Crippen LogP contribution is -2.15. The van der Waals surface area contributed by atoms with Crippen LogP contribution in [0.25, 0.3) is 11.2 Å². The molecule has 0 amide bonds. The van der Waals surface area contributed by atoms with Crippen molar-refractivity contribution in [3.8, 4) is 11.5 Å². The average Bonchev–Trinajstić information content (AvgIpc) is 2.62. The molecule has 0 spiro atoms. The Kier molecular flexibility index (Phi) is 4.92. The first-order valence-electron chi connectivity index (χ1n) is 8.19. The number of aromatic nitrogens is 4. The van der Waals surface area contributed by atoms with E-state index in [1.54, 1.807) is 6.07 Å². The zero-order valence-electron chi connectivity index (χ0n) is 14.4. The molecule has 0 aliphatic carbocycles. The van der Waals surface area contributed by atoms with Gasteiger partial charge < -0.3 is 14.8 Å². The highest BCUT2D eigenvalue weighted by Crippen LogP contribution is 2.34. The molecular formula is C18H18N4O4. The first kappa shape index (κ1) is 17.5. The molecule has 3 aromatic rings. The van der Waals surface area contributed by atoms with E-state index in [0.29, 0.717) is 17.5 Å². The van der Waals surface area contributed by atoms with Crippen LogP contribution in [-0.4, -0.2) is 30.8 Å². The lowest BCUT2D eigenvalue weighted by atomic mass is 9.99. The molecule has 0 aliphatic heterocycles. The molecule has 8 heteroatoms. The molecule has 0 radical (unpaired) electrons. The molecule has 8 nitrogen and oxygen atoms in total. The molecular weight excluding hydrogens is 336 g/mol. The van der Waals surface area contributed by atoms with Gasteiger partial charge in [0.05, 0.1) is 0 Å². The maximum absolute atomic E-state index is 12.0. The van der Waals surface area contributed by atoms with E-state index in [2.05, 4.69) is 19.9 Å². The van der Waals surface area contributed by atoms with Gasteiger partial charge in [-0.1, -0.05) is 13.3 Å². The Hall–Kier alpha value is -3.29. The number of H-pyrrole nitrogens is 1. The largest absolute Gasteiger partial charge is 0.504 e. The molecule has 1 aromatic carbocycles. The molecule has 2 aromatic heterocycles. The van der Waals surface area contributed by atoms with Gasteiger partial charge in [0.15, 0.2) is 28.4 Å². The van der Waals surface area contributed by atoms with Crippen molar-refractivity contribution in [1.29, 1.82) is 0 Å². The van der Waals surface area contributed by atoms with Crippen LogP contribution in [0.5, 0.6) is 11.5 Å². The molecule has 134 valence electrons. The summed E-state index contributed by atoms with van der Waals surface area (Å²) in [6.45, 7) is 3.35. The minimum atomic E-state index is -0.412. The number of Topliss-reactive ketones (excluding diaryl/α,β-unsaturated/α-hetero) is 1. The molecule has 0 saturated carbocycles. The van der Waals surface area contributed by atoms with Crippen molar-refractivity contribution in [1.82, 2.24) is 19.9 Å². The van der Waals surface area contributed by atoms with Crippen molar-refractivity contribution in [2.75, 3.05) is 0 Å². The number of phenolic OH excluding ortho intramolecular Hbond substituents is 1. The normalized spacial score (nSPS) is 10.8. The van der Waals surface area contributed by atoms with Crippen LogP contribution in [0.3, 0.4) is 0 Å². The number of aromatic amines is 1. The maximum atomic E-state index is 12.0. The van der Waals surface area contributed by atoms with Gasteiger partial charge in [-0.15, -0.1) is 0 Å². The number of hydrogen-bond donors (Lipinski definition) is 2. The van der Waals surface area contributed by atoms with Gasteiger partial charge in [-0.2, -0.15) is 0 Å². The van der Waals surface area contributed by atoms with Gasteiger partial charge in [0.25, 0.3) is 5.56 Å². The SMILES string of the molecule is CCCc1c(C(C)=O)ccc(OCc2nc3nccnc3c(=O)[nH]2)c1O. The molecule has 0 aliphatic rings. The number of nitrogens with zero attached hydrogens (tertiary/aromatic N) is 3. The third-order valence-electron chi connectivity index (χ3n) is 3.88. The number of carbonyl (C=O) groups is 1. The van der Waals surface area contributed by atoms with Crippen LogP contribution in [0, 0.1) is 0 Å². The highest BCUT2D eigenvalue weighted by molar-refractivity contribution is 5.96. The number of benzene rings is 1. The number of phenols is 1. The predicted molar refractivity (Wildman–Crippen MR) is 94.4 cm³/mol. The van der Waals surface area contributed by atoms with Gasteiger partial charge in [0.2, 0.25) is 0 Å². The van der Waals surface area contributed by atoms with Crippen LogP contribution in [0.2, 0.25) is 0 Å². The zero-order chi connectivity index (χ0) is 18.7. The zero-order valence-corrected chi connectivity index (χ0v) is 14.4. The summed E-state index contributed by atoms with van der Waals surface area (Å²) >= 11 is 0. The maximum Gasteiger partial charge on any atom is 0.279 e. The van der Waals surface area contributed by atoms with Crippen molar-refractivity contribution in [2.45, 2.75) is 33.3 Å². The summed E-state index contributed by atoms with van der Waals surface area (Å²) in [7, 11) is 0. The number of aromatic hydroxyl groups is 1. The van der Waals surface area contributed by atoms with Crippen molar-refractivity contribution in [3.05, 3.63) is 51.8 Å². The van der Waals surface area contributed by atoms with E-state index in [0.717, 1.165) is 6.42 Å². The molecule has 0 bridgehead atoms. The summed E-state index contributed by atoms with van der Waals surface area (Å²) < 4.78 is 5.61. The van der Waals surface area contributed by atoms with Gasteiger partial charge in [0.1, 0.15) is 12.4 Å². The number of nitrogens with one attached hydrogen (secondary N) is 1. The Labute approximate surface area is 148 Å². The first-order chi connectivity index (χ1) is 12.5. The number of hydrogen-bond acceptors (Lipinski definition) is 7. The van der Waals surface area contributed by atoms with Gasteiger partial charge in [-0.25, -0.2) is 15.0 Å². The topological polar surface area (TPSA) is 118 Å². The van der Waals surface area contributed by atoms with Crippen LogP contribution in [0.15, 0.2) is 29.3 Å². The van der Waals surface area contributed by atoms with Crippen LogP contribution < -0.4 is 10.3 Å². The molecule has 0 saturated heterocycles. The van der Waals surface area contributed by atoms with E-state index in [-0.39, 0.29) is 40.9 Å². The minimum Gasteiger partial charge on any atom is -0.504 e. The van der Waals surface area contributed by atoms with Crippen LogP contribution in [-0.2, 0) is 13.0 Å². The van der Waals surface area contributed by atoms with E-state index >= 15 is 0 Å². The summed E-state index contributed by atoms with van der Waals surface area (Å²) in [4.78, 5) is 38.4. The summed E-state index contributed by atoms with van der Waals surface area (Å²) in [6, 6.07) is 3.16. The Morgan fingerprint density at radius 1 is 1.27 bits per heavy atom. The number of carbonyl (C=O) groups excluding carboxylic acids is 1. The van der Waals surface area contributed by atoms with Crippen molar-refractivity contribution >= 4 is 16.9 Å². The van der Waals surface area contributed by atoms with Gasteiger partial charge in [0, 0.05) is 23.5 Å². The van der Waals surface area contributed by atoms with Gasteiger partial charge in [-0.3, -0.25) is 9.59 Å². The second-order valence-corrected chi connectivity index (χ2v) is 5.77. The third-order valence-corrected chi connectivity index (χ3v) is 3.88. The van der Waals surface area contributed by atoms with Gasteiger partial charge >= 0.3 is 0 Å². The molecule has 3 rings (SSSR count). The molecule has 0 unspecified atom stereocenters. The van der Waals surface area contributed by atoms with Gasteiger partial charge in [-0.05, 0) is 25.5 Å². The quantitative estimate of drug-likeness (QED) is 0.651. The molecule has 0 atom stereocenters. The second kappa shape index (κ2) is 7.30. The van der Waals surface area contributed by atoms with Crippen LogP contribution in [0.1, 0.15) is 42.0 Å². The smallest absolute Gasteiger partial charge is 0.279 e. The Morgan fingerprint density at radius 2 is 2.04 bits per heavy atom. The standard InChI is InChI=1S/C18H18N4O4/c1-3-4-12-11(10(2)23)5-6-13(16(12)24)26-9-14-21-17-15(18(25)22-14)19-7-8-20-17/h5-8,24H,3-4,9H2,1-2H3,(H,20,21,22,25). The second-order valence-electron chi connectivity index (χ2n) is 5.77. The average molecular weight is 354 g/mol. The number of ketones is 1. The Balaban J connectivity index is 1.89. The summed E-state index contributed by atoms with van der Waals surface area (Å²) in [5.74, 6) is 0.298. The van der Waals surface area contributed by atoms with Crippen molar-refractivity contribution in [3.63, 3.8) is 0 Å². The van der Waals surface area contributed by atoms with Crippen molar-refractivity contribution < 1.29 is 14.6 Å². The fraction of sp³-hybridized carbons (Fsp3) is 0.278. The third kappa shape index (κ3) is 3.39. The number of fused-ring (bicyclic) bond motifs is 1. The number of rotatable bonds is 6. The van der Waals surface area contributed by atoms with E-state index in [1.807, 2.05) is 6.92 Å². The van der Waals surface area contributed by atoms with Crippen LogP contribution in [0.4, 0.5) is 0 Å². The summed E-state index contributed by atoms with van der Waals surface area (Å²) in [5, 5.41) is 10.5. The first-order valence-corrected chi connectivity index (χ1v) is 8.19. The summed E-state index contributed by atoms with van der Waals surface area (Å²) in [6.07, 6.45) is 4.19. The minimum absolute atomic E-state index is 0.0672.